The van der Waals surface area contributed by atoms with Crippen LogP contribution in [0.25, 0.3) is 0 Å². The van der Waals surface area contributed by atoms with Gasteiger partial charge in [-0.15, -0.1) is 5.10 Å². The van der Waals surface area contributed by atoms with Crippen molar-refractivity contribution in [1.82, 2.24) is 15.1 Å². The molecule has 27 heavy (non-hydrogen) atoms. The molecule has 2 heterocycles. The van der Waals surface area contributed by atoms with Gasteiger partial charge in [0.25, 0.3) is 0 Å². The Labute approximate surface area is 157 Å². The smallest absolute Gasteiger partial charge is 0.318 e. The third-order valence-electron chi connectivity index (χ3n) is 4.62. The van der Waals surface area contributed by atoms with E-state index in [2.05, 4.69) is 10.2 Å². The molecular weight excluding hydrogens is 351 g/mol. The van der Waals surface area contributed by atoms with Crippen LogP contribution < -0.4 is 4.90 Å². The molecule has 7 nitrogen and oxygen atoms in total. The van der Waals surface area contributed by atoms with Crippen molar-refractivity contribution in [3.8, 4) is 0 Å². The second-order valence-corrected chi connectivity index (χ2v) is 6.48. The molecule has 0 N–H and O–H groups in total. The van der Waals surface area contributed by atoms with Crippen molar-refractivity contribution in [2.45, 2.75) is 32.6 Å². The van der Waals surface area contributed by atoms with Crippen LogP contribution in [0, 0.1) is 5.82 Å². The summed E-state index contributed by atoms with van der Waals surface area (Å²) in [6.07, 6.45) is 1.79. The van der Waals surface area contributed by atoms with Gasteiger partial charge in [0.15, 0.2) is 5.78 Å². The molecule has 1 amide bonds. The van der Waals surface area contributed by atoms with Crippen LogP contribution in [0.2, 0.25) is 0 Å². The Morgan fingerprint density at radius 2 is 1.78 bits per heavy atom. The van der Waals surface area contributed by atoms with E-state index in [4.69, 9.17) is 4.42 Å². The van der Waals surface area contributed by atoms with Crippen molar-refractivity contribution < 1.29 is 18.4 Å². The number of nitrogens with zero attached hydrogens (tertiary/aromatic N) is 4. The lowest BCUT2D eigenvalue weighted by molar-refractivity contribution is -0.131. The van der Waals surface area contributed by atoms with Crippen molar-refractivity contribution in [2.24, 2.45) is 0 Å². The number of piperazine rings is 1. The summed E-state index contributed by atoms with van der Waals surface area (Å²) in [7, 11) is 0. The lowest BCUT2D eigenvalue weighted by Crippen LogP contribution is -2.48. The standard InChI is InChI=1S/C19H23FN4O3/c1-2-17-21-22-19(27-17)24-12-10-23(11-13-24)18(26)5-3-4-16(25)14-6-8-15(20)9-7-14/h6-9H,2-5,10-13H2,1H3. The molecule has 1 aromatic heterocycles. The number of aryl methyl sites for hydroxylation is 1. The minimum atomic E-state index is -0.368. The lowest BCUT2D eigenvalue weighted by Gasteiger charge is -2.33. The number of anilines is 1. The van der Waals surface area contributed by atoms with Crippen molar-refractivity contribution in [3.63, 3.8) is 0 Å². The molecule has 1 aliphatic heterocycles. The first-order chi connectivity index (χ1) is 13.1. The molecule has 0 bridgehead atoms. The number of aromatic nitrogens is 2. The minimum absolute atomic E-state index is 0.0429. The van der Waals surface area contributed by atoms with Gasteiger partial charge in [0.2, 0.25) is 11.8 Å². The summed E-state index contributed by atoms with van der Waals surface area (Å²) in [4.78, 5) is 28.2. The first kappa shape index (κ1) is 19.0. The van der Waals surface area contributed by atoms with Crippen molar-refractivity contribution in [3.05, 3.63) is 41.5 Å². The van der Waals surface area contributed by atoms with Crippen LogP contribution in [0.3, 0.4) is 0 Å². The van der Waals surface area contributed by atoms with Gasteiger partial charge >= 0.3 is 6.01 Å². The van der Waals surface area contributed by atoms with Crippen LogP contribution in [0.4, 0.5) is 10.4 Å². The molecule has 0 unspecified atom stereocenters. The maximum atomic E-state index is 12.9. The molecule has 3 rings (SSSR count). The van der Waals surface area contributed by atoms with Crippen LogP contribution in [-0.4, -0.2) is 53.0 Å². The number of rotatable bonds is 7. The summed E-state index contributed by atoms with van der Waals surface area (Å²) in [5.41, 5.74) is 0.475. The van der Waals surface area contributed by atoms with Gasteiger partial charge in [-0.2, -0.15) is 0 Å². The second-order valence-electron chi connectivity index (χ2n) is 6.48. The second kappa shape index (κ2) is 8.75. The summed E-state index contributed by atoms with van der Waals surface area (Å²) in [6, 6.07) is 5.99. The Balaban J connectivity index is 1.40. The van der Waals surface area contributed by atoms with Crippen LogP contribution in [0.5, 0.6) is 0 Å². The molecule has 0 aliphatic carbocycles. The van der Waals surface area contributed by atoms with Crippen molar-refractivity contribution >= 4 is 17.7 Å². The number of ketones is 1. The highest BCUT2D eigenvalue weighted by Crippen LogP contribution is 2.16. The molecule has 0 saturated carbocycles. The number of carbonyl (C=O) groups is 2. The van der Waals surface area contributed by atoms with Crippen molar-refractivity contribution in [1.29, 1.82) is 0 Å². The first-order valence-electron chi connectivity index (χ1n) is 9.20. The molecule has 2 aromatic rings. The Morgan fingerprint density at radius 3 is 2.41 bits per heavy atom. The summed E-state index contributed by atoms with van der Waals surface area (Å²) in [6.45, 7) is 4.43. The van der Waals surface area contributed by atoms with Crippen molar-refractivity contribution in [2.75, 3.05) is 31.1 Å². The van der Waals surface area contributed by atoms with E-state index in [1.54, 1.807) is 4.90 Å². The Morgan fingerprint density at radius 1 is 1.07 bits per heavy atom. The number of carbonyl (C=O) groups excluding carboxylic acids is 2. The summed E-state index contributed by atoms with van der Waals surface area (Å²) >= 11 is 0. The van der Waals surface area contributed by atoms with Gasteiger partial charge in [-0.1, -0.05) is 12.0 Å². The third-order valence-corrected chi connectivity index (χ3v) is 4.62. The molecule has 144 valence electrons. The topological polar surface area (TPSA) is 79.5 Å². The van der Waals surface area contributed by atoms with E-state index in [9.17, 15) is 14.0 Å². The van der Waals surface area contributed by atoms with Gasteiger partial charge < -0.3 is 14.2 Å². The molecule has 0 radical (unpaired) electrons. The zero-order valence-electron chi connectivity index (χ0n) is 15.4. The Bertz CT molecular complexity index is 783. The first-order valence-corrected chi connectivity index (χ1v) is 9.20. The lowest BCUT2D eigenvalue weighted by atomic mass is 10.1. The van der Waals surface area contributed by atoms with Gasteiger partial charge in [0.1, 0.15) is 5.82 Å². The number of hydrogen-bond donors (Lipinski definition) is 0. The highest BCUT2D eigenvalue weighted by atomic mass is 19.1. The molecule has 8 heteroatoms. The molecule has 1 aliphatic rings. The summed E-state index contributed by atoms with van der Waals surface area (Å²) in [5, 5.41) is 7.99. The average Bonchev–Trinajstić information content (AvgIpc) is 3.18. The van der Waals surface area contributed by atoms with Gasteiger partial charge in [0.05, 0.1) is 0 Å². The number of Topliss-reactive ketones (excluding diaryl/α,β-unsaturated/α-hetero) is 1. The molecule has 1 aromatic carbocycles. The van der Waals surface area contributed by atoms with E-state index >= 15 is 0 Å². The fraction of sp³-hybridized carbons (Fsp3) is 0.474. The van der Waals surface area contributed by atoms with E-state index in [0.717, 1.165) is 0 Å². The van der Waals surface area contributed by atoms with E-state index < -0.39 is 0 Å². The maximum Gasteiger partial charge on any atom is 0.318 e. The van der Waals surface area contributed by atoms with Crippen LogP contribution in [0.1, 0.15) is 42.4 Å². The number of halogens is 1. The normalized spacial score (nSPS) is 14.4. The Hall–Kier alpha value is -2.77. The molecule has 0 spiro atoms. The SMILES string of the molecule is CCc1nnc(N2CCN(C(=O)CCCC(=O)c3ccc(F)cc3)CC2)o1. The third kappa shape index (κ3) is 4.90. The maximum absolute atomic E-state index is 12.9. The van der Waals surface area contributed by atoms with Gasteiger partial charge in [0, 0.05) is 51.0 Å². The van der Waals surface area contributed by atoms with E-state index in [1.807, 2.05) is 11.8 Å². The van der Waals surface area contributed by atoms with E-state index in [1.165, 1.54) is 24.3 Å². The quantitative estimate of drug-likeness (QED) is 0.693. The van der Waals surface area contributed by atoms with Gasteiger partial charge in [-0.3, -0.25) is 9.59 Å². The highest BCUT2D eigenvalue weighted by Gasteiger charge is 2.24. The highest BCUT2D eigenvalue weighted by molar-refractivity contribution is 5.96. The van der Waals surface area contributed by atoms with Crippen LogP contribution in [0.15, 0.2) is 28.7 Å². The number of hydrogen-bond acceptors (Lipinski definition) is 6. The average molecular weight is 374 g/mol. The van der Waals surface area contributed by atoms with Crippen LogP contribution >= 0.6 is 0 Å². The summed E-state index contributed by atoms with van der Waals surface area (Å²) in [5.74, 6) is 0.207. The van der Waals surface area contributed by atoms with Crippen LogP contribution in [-0.2, 0) is 11.2 Å². The molecule has 1 saturated heterocycles. The minimum Gasteiger partial charge on any atom is -0.408 e. The van der Waals surface area contributed by atoms with E-state index in [0.29, 0.717) is 62.9 Å². The largest absolute Gasteiger partial charge is 0.408 e. The molecule has 1 fully saturated rings. The van der Waals surface area contributed by atoms with Gasteiger partial charge in [-0.25, -0.2) is 4.39 Å². The molecular formula is C19H23FN4O3. The zero-order valence-corrected chi connectivity index (χ0v) is 15.4. The predicted molar refractivity (Wildman–Crippen MR) is 97.1 cm³/mol. The fourth-order valence-corrected chi connectivity index (χ4v) is 3.00. The van der Waals surface area contributed by atoms with E-state index in [-0.39, 0.29) is 23.9 Å². The zero-order chi connectivity index (χ0) is 19.2. The number of benzene rings is 1. The monoisotopic (exact) mass is 374 g/mol. The molecule has 0 atom stereocenters. The summed E-state index contributed by atoms with van der Waals surface area (Å²) < 4.78 is 18.4. The fourth-order valence-electron chi connectivity index (χ4n) is 3.00. The number of amides is 1. The Kier molecular flexibility index (Phi) is 6.16. The predicted octanol–water partition coefficient (Wildman–Crippen LogP) is 2.47. The van der Waals surface area contributed by atoms with Gasteiger partial charge in [-0.05, 0) is 30.7 Å².